The molecule has 3 rings (SSSR count). The van der Waals surface area contributed by atoms with E-state index >= 15 is 0 Å². The fourth-order valence-electron chi connectivity index (χ4n) is 2.49. The highest BCUT2D eigenvalue weighted by Gasteiger charge is 2.31. The number of ether oxygens (including phenoxy) is 1. The van der Waals surface area contributed by atoms with Gasteiger partial charge < -0.3 is 15.0 Å². The highest BCUT2D eigenvalue weighted by atomic mass is 35.5. The van der Waals surface area contributed by atoms with Crippen molar-refractivity contribution in [1.82, 2.24) is 4.98 Å². The van der Waals surface area contributed by atoms with E-state index in [0.717, 1.165) is 0 Å². The fraction of sp³-hybridized carbons (Fsp3) is 0.235. The average molecular weight is 346 g/mol. The number of nitrogens with zero attached hydrogens (tertiary/aromatic N) is 2. The number of benzene rings is 1. The van der Waals surface area contributed by atoms with Gasteiger partial charge in [0.2, 0.25) is 5.91 Å². The lowest BCUT2D eigenvalue weighted by atomic mass is 10.1. The number of amides is 2. The second kappa shape index (κ2) is 6.88. The third kappa shape index (κ3) is 3.49. The molecule has 1 aromatic carbocycles. The molecule has 1 N–H and O–H groups in total. The van der Waals surface area contributed by atoms with Crippen LogP contribution in [0, 0.1) is 0 Å². The number of rotatable bonds is 4. The zero-order valence-corrected chi connectivity index (χ0v) is 13.8. The highest BCUT2D eigenvalue weighted by Crippen LogP contribution is 2.33. The summed E-state index contributed by atoms with van der Waals surface area (Å²) in [6, 6.07) is 12.3. The number of pyridine rings is 1. The lowest BCUT2D eigenvalue weighted by Gasteiger charge is -2.32. The third-order valence-electron chi connectivity index (χ3n) is 3.62. The normalized spacial score (nSPS) is 16.3. The van der Waals surface area contributed by atoms with E-state index in [1.807, 2.05) is 12.1 Å². The summed E-state index contributed by atoms with van der Waals surface area (Å²) in [5.41, 5.74) is 0.675. The van der Waals surface area contributed by atoms with Crippen molar-refractivity contribution in [2.24, 2.45) is 0 Å². The molecule has 1 aromatic heterocycles. The Morgan fingerprint density at radius 1 is 1.29 bits per heavy atom. The molecule has 2 heterocycles. The van der Waals surface area contributed by atoms with Gasteiger partial charge in [-0.1, -0.05) is 29.8 Å². The van der Waals surface area contributed by atoms with Crippen LogP contribution in [-0.4, -0.2) is 29.4 Å². The van der Waals surface area contributed by atoms with E-state index in [4.69, 9.17) is 16.3 Å². The molecule has 6 nitrogen and oxygen atoms in total. The SMILES string of the molecule is CC1Oc2ccccc2N(CCC(=O)Nc2cccc(Cl)n2)C1=O. The highest BCUT2D eigenvalue weighted by molar-refractivity contribution is 6.29. The zero-order chi connectivity index (χ0) is 17.1. The number of carbonyl (C=O) groups excluding carboxylic acids is 2. The van der Waals surface area contributed by atoms with Crippen LogP contribution in [-0.2, 0) is 9.59 Å². The van der Waals surface area contributed by atoms with Crippen LogP contribution in [0.15, 0.2) is 42.5 Å². The first-order valence-electron chi connectivity index (χ1n) is 7.54. The van der Waals surface area contributed by atoms with Crippen molar-refractivity contribution in [2.75, 3.05) is 16.8 Å². The molecule has 2 aromatic rings. The maximum absolute atomic E-state index is 12.3. The number of aromatic nitrogens is 1. The minimum absolute atomic E-state index is 0.140. The van der Waals surface area contributed by atoms with Gasteiger partial charge in [0, 0.05) is 13.0 Å². The van der Waals surface area contributed by atoms with Gasteiger partial charge in [0.1, 0.15) is 16.7 Å². The van der Waals surface area contributed by atoms with Crippen LogP contribution in [0.2, 0.25) is 5.15 Å². The van der Waals surface area contributed by atoms with E-state index in [0.29, 0.717) is 22.4 Å². The third-order valence-corrected chi connectivity index (χ3v) is 3.83. The monoisotopic (exact) mass is 345 g/mol. The smallest absolute Gasteiger partial charge is 0.267 e. The fourth-order valence-corrected chi connectivity index (χ4v) is 2.65. The molecule has 1 unspecified atom stereocenters. The van der Waals surface area contributed by atoms with E-state index in [2.05, 4.69) is 10.3 Å². The molecule has 0 bridgehead atoms. The van der Waals surface area contributed by atoms with E-state index in [1.54, 1.807) is 42.2 Å². The molecule has 124 valence electrons. The average Bonchev–Trinajstić information content (AvgIpc) is 2.55. The van der Waals surface area contributed by atoms with Crippen LogP contribution in [0.4, 0.5) is 11.5 Å². The Morgan fingerprint density at radius 3 is 2.88 bits per heavy atom. The van der Waals surface area contributed by atoms with Gasteiger partial charge in [-0.15, -0.1) is 0 Å². The van der Waals surface area contributed by atoms with Crippen LogP contribution in [0.25, 0.3) is 0 Å². The van der Waals surface area contributed by atoms with Crippen molar-refractivity contribution >= 4 is 34.9 Å². The van der Waals surface area contributed by atoms with Crippen molar-refractivity contribution in [3.63, 3.8) is 0 Å². The lowest BCUT2D eigenvalue weighted by Crippen LogP contribution is -2.45. The van der Waals surface area contributed by atoms with Gasteiger partial charge in [-0.3, -0.25) is 9.59 Å². The lowest BCUT2D eigenvalue weighted by molar-refractivity contribution is -0.125. The molecule has 0 fully saturated rings. The number of para-hydroxylation sites is 2. The number of anilines is 2. The Morgan fingerprint density at radius 2 is 2.08 bits per heavy atom. The molecular formula is C17H16ClN3O3. The van der Waals surface area contributed by atoms with Gasteiger partial charge in [-0.05, 0) is 31.2 Å². The Bertz CT molecular complexity index is 781. The summed E-state index contributed by atoms with van der Waals surface area (Å²) in [5.74, 6) is 0.618. The van der Waals surface area contributed by atoms with Crippen LogP contribution in [0.1, 0.15) is 13.3 Å². The van der Waals surface area contributed by atoms with Crippen LogP contribution >= 0.6 is 11.6 Å². The van der Waals surface area contributed by atoms with Gasteiger partial charge in [-0.25, -0.2) is 4.98 Å². The maximum Gasteiger partial charge on any atom is 0.267 e. The number of hydrogen-bond acceptors (Lipinski definition) is 4. The Balaban J connectivity index is 1.67. The standard InChI is InChI=1S/C17H16ClN3O3/c1-11-17(23)21(12-5-2-3-6-13(12)24-11)10-9-16(22)20-15-8-4-7-14(18)19-15/h2-8,11H,9-10H2,1H3,(H,19,20,22). The summed E-state index contributed by atoms with van der Waals surface area (Å²) in [4.78, 5) is 30.0. The first kappa shape index (κ1) is 16.3. The predicted octanol–water partition coefficient (Wildman–Crippen LogP) is 2.88. The topological polar surface area (TPSA) is 71.5 Å². The molecule has 24 heavy (non-hydrogen) atoms. The number of fused-ring (bicyclic) bond motifs is 1. The van der Waals surface area contributed by atoms with E-state index < -0.39 is 6.10 Å². The summed E-state index contributed by atoms with van der Waals surface area (Å²) in [6.45, 7) is 1.96. The molecule has 0 spiro atoms. The summed E-state index contributed by atoms with van der Waals surface area (Å²) in [5, 5.41) is 2.97. The molecule has 0 saturated carbocycles. The number of carbonyl (C=O) groups is 2. The second-order valence-electron chi connectivity index (χ2n) is 5.36. The number of halogens is 1. The molecule has 0 aliphatic carbocycles. The van der Waals surface area contributed by atoms with E-state index in [-0.39, 0.29) is 24.8 Å². The Labute approximate surface area is 144 Å². The van der Waals surface area contributed by atoms with Gasteiger partial charge in [0.25, 0.3) is 5.91 Å². The van der Waals surface area contributed by atoms with Crippen LogP contribution < -0.4 is 15.0 Å². The quantitative estimate of drug-likeness (QED) is 0.865. The van der Waals surface area contributed by atoms with Crippen molar-refractivity contribution in [3.8, 4) is 5.75 Å². The van der Waals surface area contributed by atoms with Gasteiger partial charge in [0.05, 0.1) is 5.69 Å². The maximum atomic E-state index is 12.3. The number of nitrogens with one attached hydrogen (secondary N) is 1. The molecular weight excluding hydrogens is 330 g/mol. The predicted molar refractivity (Wildman–Crippen MR) is 91.4 cm³/mol. The minimum atomic E-state index is -0.572. The molecule has 2 amide bonds. The summed E-state index contributed by atoms with van der Waals surface area (Å²) in [6.07, 6.45) is -0.432. The summed E-state index contributed by atoms with van der Waals surface area (Å²) >= 11 is 5.79. The summed E-state index contributed by atoms with van der Waals surface area (Å²) < 4.78 is 5.57. The van der Waals surface area contributed by atoms with E-state index in [1.165, 1.54) is 0 Å². The van der Waals surface area contributed by atoms with Crippen LogP contribution in [0.5, 0.6) is 5.75 Å². The minimum Gasteiger partial charge on any atom is -0.479 e. The largest absolute Gasteiger partial charge is 0.479 e. The number of hydrogen-bond donors (Lipinski definition) is 1. The summed E-state index contributed by atoms with van der Waals surface area (Å²) in [7, 11) is 0. The van der Waals surface area contributed by atoms with Crippen molar-refractivity contribution in [2.45, 2.75) is 19.4 Å². The molecule has 0 radical (unpaired) electrons. The molecule has 0 saturated heterocycles. The zero-order valence-electron chi connectivity index (χ0n) is 13.0. The first-order valence-corrected chi connectivity index (χ1v) is 7.92. The van der Waals surface area contributed by atoms with Crippen molar-refractivity contribution in [1.29, 1.82) is 0 Å². The van der Waals surface area contributed by atoms with Crippen molar-refractivity contribution in [3.05, 3.63) is 47.6 Å². The van der Waals surface area contributed by atoms with E-state index in [9.17, 15) is 9.59 Å². The molecule has 7 heteroatoms. The Hall–Kier alpha value is -2.60. The van der Waals surface area contributed by atoms with Crippen molar-refractivity contribution < 1.29 is 14.3 Å². The van der Waals surface area contributed by atoms with Crippen LogP contribution in [0.3, 0.4) is 0 Å². The second-order valence-corrected chi connectivity index (χ2v) is 5.75. The molecule has 1 aliphatic heterocycles. The molecule has 1 atom stereocenters. The molecule has 1 aliphatic rings. The van der Waals surface area contributed by atoms with Gasteiger partial charge in [0.15, 0.2) is 6.10 Å². The Kier molecular flexibility index (Phi) is 4.66. The van der Waals surface area contributed by atoms with Gasteiger partial charge in [-0.2, -0.15) is 0 Å². The van der Waals surface area contributed by atoms with Gasteiger partial charge >= 0.3 is 0 Å². The first-order chi connectivity index (χ1) is 11.5.